The van der Waals surface area contributed by atoms with Crippen molar-refractivity contribution in [2.75, 3.05) is 7.11 Å². The molecule has 0 aromatic heterocycles. The molecular formula is C17H14OS2. The Balaban J connectivity index is 1.75. The standard InChI is InChI=1S/C17H14OS2/c1-18-15-9-7-14(8-10-15)17-12-19-16(11-20-17)13-5-3-2-4-6-13/h2-12H,1H3. The lowest BCUT2D eigenvalue weighted by molar-refractivity contribution is 0.415. The van der Waals surface area contributed by atoms with Crippen LogP contribution in [0.4, 0.5) is 0 Å². The molecule has 0 radical (unpaired) electrons. The molecule has 20 heavy (non-hydrogen) atoms. The van der Waals surface area contributed by atoms with E-state index in [1.165, 1.54) is 20.9 Å². The Morgan fingerprint density at radius 1 is 0.700 bits per heavy atom. The van der Waals surface area contributed by atoms with E-state index < -0.39 is 0 Å². The van der Waals surface area contributed by atoms with Gasteiger partial charge in [-0.2, -0.15) is 0 Å². The fraction of sp³-hybridized carbons (Fsp3) is 0.0588. The van der Waals surface area contributed by atoms with Crippen LogP contribution in [0.1, 0.15) is 11.1 Å². The van der Waals surface area contributed by atoms with Gasteiger partial charge in [-0.1, -0.05) is 66.0 Å². The van der Waals surface area contributed by atoms with E-state index >= 15 is 0 Å². The van der Waals surface area contributed by atoms with Gasteiger partial charge in [0, 0.05) is 9.81 Å². The van der Waals surface area contributed by atoms with E-state index in [1.807, 2.05) is 18.2 Å². The smallest absolute Gasteiger partial charge is 0.118 e. The van der Waals surface area contributed by atoms with Crippen LogP contribution in [-0.4, -0.2) is 7.11 Å². The third-order valence-electron chi connectivity index (χ3n) is 3.02. The van der Waals surface area contributed by atoms with Gasteiger partial charge in [-0.3, -0.25) is 0 Å². The summed E-state index contributed by atoms with van der Waals surface area (Å²) in [6, 6.07) is 18.7. The van der Waals surface area contributed by atoms with Crippen molar-refractivity contribution in [2.24, 2.45) is 0 Å². The molecule has 0 aliphatic carbocycles. The fourth-order valence-corrected chi connectivity index (χ4v) is 3.94. The van der Waals surface area contributed by atoms with Gasteiger partial charge < -0.3 is 4.74 Å². The molecule has 0 bridgehead atoms. The first-order valence-corrected chi connectivity index (χ1v) is 8.06. The molecule has 0 saturated carbocycles. The minimum Gasteiger partial charge on any atom is -0.497 e. The number of rotatable bonds is 3. The molecule has 0 saturated heterocycles. The van der Waals surface area contributed by atoms with Crippen molar-refractivity contribution >= 4 is 33.3 Å². The first-order valence-electron chi connectivity index (χ1n) is 6.30. The van der Waals surface area contributed by atoms with E-state index in [1.54, 1.807) is 30.6 Å². The van der Waals surface area contributed by atoms with Crippen molar-refractivity contribution in [3.63, 3.8) is 0 Å². The monoisotopic (exact) mass is 298 g/mol. The Morgan fingerprint density at radius 2 is 1.25 bits per heavy atom. The predicted octanol–water partition coefficient (Wildman–Crippen LogP) is 5.47. The molecule has 3 rings (SSSR count). The lowest BCUT2D eigenvalue weighted by Crippen LogP contribution is -1.86. The van der Waals surface area contributed by atoms with Crippen LogP contribution in [0.15, 0.2) is 65.4 Å². The van der Waals surface area contributed by atoms with Gasteiger partial charge in [0.2, 0.25) is 0 Å². The van der Waals surface area contributed by atoms with Crippen molar-refractivity contribution in [2.45, 2.75) is 0 Å². The van der Waals surface area contributed by atoms with Crippen LogP contribution in [0.2, 0.25) is 0 Å². The Labute approximate surface area is 127 Å². The number of hydrogen-bond donors (Lipinski definition) is 0. The highest BCUT2D eigenvalue weighted by atomic mass is 32.2. The molecule has 2 aromatic carbocycles. The number of ether oxygens (including phenoxy) is 1. The van der Waals surface area contributed by atoms with Crippen LogP contribution in [-0.2, 0) is 0 Å². The minimum atomic E-state index is 0.892. The van der Waals surface area contributed by atoms with Crippen molar-refractivity contribution in [3.8, 4) is 5.75 Å². The molecule has 3 heteroatoms. The molecule has 100 valence electrons. The van der Waals surface area contributed by atoms with Gasteiger partial charge in [-0.25, -0.2) is 0 Å². The van der Waals surface area contributed by atoms with Crippen LogP contribution in [0.25, 0.3) is 9.81 Å². The highest BCUT2D eigenvalue weighted by Crippen LogP contribution is 2.43. The number of methoxy groups -OCH3 is 1. The van der Waals surface area contributed by atoms with Gasteiger partial charge in [0.05, 0.1) is 7.11 Å². The lowest BCUT2D eigenvalue weighted by atomic mass is 10.2. The highest BCUT2D eigenvalue weighted by Gasteiger charge is 2.10. The average Bonchev–Trinajstić information content (AvgIpc) is 2.56. The van der Waals surface area contributed by atoms with E-state index in [-0.39, 0.29) is 0 Å². The average molecular weight is 298 g/mol. The maximum atomic E-state index is 5.19. The van der Waals surface area contributed by atoms with Crippen molar-refractivity contribution in [1.29, 1.82) is 0 Å². The van der Waals surface area contributed by atoms with Crippen LogP contribution in [0, 0.1) is 0 Å². The Kier molecular flexibility index (Phi) is 4.19. The summed E-state index contributed by atoms with van der Waals surface area (Å²) >= 11 is 3.55. The SMILES string of the molecule is COc1ccc(C2=CSC(c3ccccc3)=CS2)cc1. The van der Waals surface area contributed by atoms with Crippen molar-refractivity contribution in [1.82, 2.24) is 0 Å². The first-order chi connectivity index (χ1) is 9.86. The zero-order valence-corrected chi connectivity index (χ0v) is 12.7. The summed E-state index contributed by atoms with van der Waals surface area (Å²) in [7, 11) is 1.69. The number of hydrogen-bond acceptors (Lipinski definition) is 3. The molecule has 1 heterocycles. The number of benzene rings is 2. The second kappa shape index (κ2) is 6.25. The molecule has 0 unspecified atom stereocenters. The molecule has 0 spiro atoms. The second-order valence-electron chi connectivity index (χ2n) is 4.29. The Bertz CT molecular complexity index is 642. The summed E-state index contributed by atoms with van der Waals surface area (Å²) in [4.78, 5) is 2.57. The summed E-state index contributed by atoms with van der Waals surface area (Å²) in [6.07, 6.45) is 0. The molecule has 0 atom stereocenters. The largest absolute Gasteiger partial charge is 0.497 e. The highest BCUT2D eigenvalue weighted by molar-refractivity contribution is 8.18. The van der Waals surface area contributed by atoms with Gasteiger partial charge in [0.25, 0.3) is 0 Å². The Morgan fingerprint density at radius 3 is 1.75 bits per heavy atom. The third kappa shape index (κ3) is 2.94. The molecular weight excluding hydrogens is 284 g/mol. The third-order valence-corrected chi connectivity index (χ3v) is 5.24. The molecule has 1 nitrogen and oxygen atoms in total. The summed E-state index contributed by atoms with van der Waals surface area (Å²) in [6.45, 7) is 0. The van der Waals surface area contributed by atoms with Crippen LogP contribution >= 0.6 is 23.5 Å². The molecule has 2 aromatic rings. The quantitative estimate of drug-likeness (QED) is 0.743. The van der Waals surface area contributed by atoms with Gasteiger partial charge in [0.15, 0.2) is 0 Å². The van der Waals surface area contributed by atoms with Crippen molar-refractivity contribution in [3.05, 3.63) is 76.5 Å². The van der Waals surface area contributed by atoms with Gasteiger partial charge >= 0.3 is 0 Å². The van der Waals surface area contributed by atoms with Crippen LogP contribution in [0.3, 0.4) is 0 Å². The van der Waals surface area contributed by atoms with Gasteiger partial charge in [-0.15, -0.1) is 0 Å². The molecule has 0 fully saturated rings. The zero-order chi connectivity index (χ0) is 13.8. The maximum absolute atomic E-state index is 5.19. The van der Waals surface area contributed by atoms with E-state index in [9.17, 15) is 0 Å². The lowest BCUT2D eigenvalue weighted by Gasteiger charge is -2.13. The predicted molar refractivity (Wildman–Crippen MR) is 90.6 cm³/mol. The summed E-state index contributed by atoms with van der Waals surface area (Å²) < 4.78 is 5.19. The summed E-state index contributed by atoms with van der Waals surface area (Å²) in [5.41, 5.74) is 2.50. The minimum absolute atomic E-state index is 0.892. The van der Waals surface area contributed by atoms with Crippen LogP contribution in [0.5, 0.6) is 5.75 Å². The molecule has 0 amide bonds. The summed E-state index contributed by atoms with van der Waals surface area (Å²) in [5, 5.41) is 4.44. The van der Waals surface area contributed by atoms with Crippen LogP contribution < -0.4 is 4.74 Å². The summed E-state index contributed by atoms with van der Waals surface area (Å²) in [5.74, 6) is 0.892. The van der Waals surface area contributed by atoms with E-state index in [0.29, 0.717) is 0 Å². The molecule has 0 N–H and O–H groups in total. The molecule has 1 aliphatic rings. The normalized spacial score (nSPS) is 14.4. The van der Waals surface area contributed by atoms with E-state index in [0.717, 1.165) is 5.75 Å². The Hall–Kier alpha value is -1.58. The zero-order valence-electron chi connectivity index (χ0n) is 11.1. The van der Waals surface area contributed by atoms with E-state index in [2.05, 4.69) is 47.2 Å². The number of thioether (sulfide) groups is 2. The second-order valence-corrected chi connectivity index (χ2v) is 6.12. The maximum Gasteiger partial charge on any atom is 0.118 e. The van der Waals surface area contributed by atoms with Gasteiger partial charge in [-0.05, 0) is 34.1 Å². The van der Waals surface area contributed by atoms with Gasteiger partial charge in [0.1, 0.15) is 5.75 Å². The van der Waals surface area contributed by atoms with Crippen molar-refractivity contribution < 1.29 is 4.74 Å². The first kappa shape index (κ1) is 13.4. The van der Waals surface area contributed by atoms with E-state index in [4.69, 9.17) is 4.74 Å². The molecule has 1 aliphatic heterocycles. The fourth-order valence-electron chi connectivity index (χ4n) is 1.92. The topological polar surface area (TPSA) is 9.23 Å².